The zero-order valence-corrected chi connectivity index (χ0v) is 15.9. The van der Waals surface area contributed by atoms with E-state index in [0.717, 1.165) is 4.47 Å². The van der Waals surface area contributed by atoms with Crippen LogP contribution in [-0.2, 0) is 10.2 Å². The van der Waals surface area contributed by atoms with Crippen molar-refractivity contribution in [3.8, 4) is 11.5 Å². The summed E-state index contributed by atoms with van der Waals surface area (Å²) in [6.45, 7) is 6.42. The number of halogens is 1. The number of amides is 1. The van der Waals surface area contributed by atoms with Crippen LogP contribution < -0.4 is 14.8 Å². The molecule has 0 aliphatic carbocycles. The highest BCUT2D eigenvalue weighted by Crippen LogP contribution is 2.28. The van der Waals surface area contributed by atoms with Gasteiger partial charge in [0.1, 0.15) is 11.5 Å². The minimum atomic E-state index is -0.216. The van der Waals surface area contributed by atoms with Crippen molar-refractivity contribution in [2.24, 2.45) is 0 Å². The number of nitrogens with one attached hydrogen (secondary N) is 1. The number of benzene rings is 2. The lowest BCUT2D eigenvalue weighted by Gasteiger charge is -2.19. The number of methoxy groups -OCH3 is 1. The minimum Gasteiger partial charge on any atom is -0.496 e. The molecule has 0 unspecified atom stereocenters. The van der Waals surface area contributed by atoms with Crippen molar-refractivity contribution in [2.75, 3.05) is 19.0 Å². The third kappa shape index (κ3) is 4.99. The van der Waals surface area contributed by atoms with Crippen molar-refractivity contribution in [1.82, 2.24) is 0 Å². The van der Waals surface area contributed by atoms with Crippen LogP contribution in [0.5, 0.6) is 11.5 Å². The van der Waals surface area contributed by atoms with Crippen LogP contribution in [0.25, 0.3) is 0 Å². The van der Waals surface area contributed by atoms with Gasteiger partial charge in [-0.05, 0) is 57.2 Å². The Morgan fingerprint density at radius 2 is 1.79 bits per heavy atom. The van der Waals surface area contributed by atoms with Crippen molar-refractivity contribution >= 4 is 27.5 Å². The van der Waals surface area contributed by atoms with Gasteiger partial charge in [-0.1, -0.05) is 32.9 Å². The Morgan fingerprint density at radius 1 is 1.12 bits per heavy atom. The number of anilines is 1. The SMILES string of the molecule is COc1ccc(NC(=O)COc2ccc(C(C)(C)C)cc2)cc1Br. The maximum absolute atomic E-state index is 12.0. The molecular weight excluding hydrogens is 370 g/mol. The molecule has 0 fully saturated rings. The zero-order valence-electron chi connectivity index (χ0n) is 14.4. The summed E-state index contributed by atoms with van der Waals surface area (Å²) >= 11 is 3.39. The van der Waals surface area contributed by atoms with E-state index in [1.807, 2.05) is 24.3 Å². The number of rotatable bonds is 5. The summed E-state index contributed by atoms with van der Waals surface area (Å²) in [5.74, 6) is 1.17. The lowest BCUT2D eigenvalue weighted by atomic mass is 9.87. The highest BCUT2D eigenvalue weighted by atomic mass is 79.9. The molecule has 4 nitrogen and oxygen atoms in total. The van der Waals surface area contributed by atoms with Crippen LogP contribution in [0.2, 0.25) is 0 Å². The lowest BCUT2D eigenvalue weighted by Crippen LogP contribution is -2.20. The Morgan fingerprint density at radius 3 is 2.33 bits per heavy atom. The van der Waals surface area contributed by atoms with E-state index in [2.05, 4.69) is 42.0 Å². The first kappa shape index (κ1) is 18.3. The molecule has 2 rings (SSSR count). The van der Waals surface area contributed by atoms with Gasteiger partial charge >= 0.3 is 0 Å². The van der Waals surface area contributed by atoms with Crippen LogP contribution in [0, 0.1) is 0 Å². The van der Waals surface area contributed by atoms with Crippen LogP contribution in [0.4, 0.5) is 5.69 Å². The van der Waals surface area contributed by atoms with Crippen molar-refractivity contribution < 1.29 is 14.3 Å². The van der Waals surface area contributed by atoms with E-state index in [1.165, 1.54) is 5.56 Å². The number of hydrogen-bond donors (Lipinski definition) is 1. The Bertz CT molecular complexity index is 706. The van der Waals surface area contributed by atoms with Gasteiger partial charge in [-0.15, -0.1) is 0 Å². The summed E-state index contributed by atoms with van der Waals surface area (Å²) < 4.78 is 11.5. The normalized spacial score (nSPS) is 11.0. The molecule has 1 amide bonds. The molecule has 0 spiro atoms. The Labute approximate surface area is 151 Å². The van der Waals surface area contributed by atoms with E-state index in [1.54, 1.807) is 25.3 Å². The van der Waals surface area contributed by atoms with Crippen molar-refractivity contribution in [3.05, 3.63) is 52.5 Å². The highest BCUT2D eigenvalue weighted by Gasteiger charge is 2.13. The topological polar surface area (TPSA) is 47.6 Å². The molecular formula is C19H22BrNO3. The summed E-state index contributed by atoms with van der Waals surface area (Å²) in [6.07, 6.45) is 0. The van der Waals surface area contributed by atoms with Crippen LogP contribution in [0.1, 0.15) is 26.3 Å². The summed E-state index contributed by atoms with van der Waals surface area (Å²) in [4.78, 5) is 12.0. The maximum atomic E-state index is 12.0. The van der Waals surface area contributed by atoms with Gasteiger partial charge in [-0.3, -0.25) is 4.79 Å². The Kier molecular flexibility index (Phi) is 5.89. The maximum Gasteiger partial charge on any atom is 0.262 e. The van der Waals surface area contributed by atoms with Crippen molar-refractivity contribution in [3.63, 3.8) is 0 Å². The average Bonchev–Trinajstić information content (AvgIpc) is 2.53. The molecule has 0 aromatic heterocycles. The molecule has 0 radical (unpaired) electrons. The summed E-state index contributed by atoms with van der Waals surface area (Å²) in [5, 5.41) is 2.79. The molecule has 0 saturated heterocycles. The predicted molar refractivity (Wildman–Crippen MR) is 100.0 cm³/mol. The number of carbonyl (C=O) groups is 1. The van der Waals surface area contributed by atoms with Gasteiger partial charge in [0.2, 0.25) is 0 Å². The molecule has 0 bridgehead atoms. The largest absolute Gasteiger partial charge is 0.496 e. The number of carbonyl (C=O) groups excluding carboxylic acids is 1. The second-order valence-electron chi connectivity index (χ2n) is 6.46. The van der Waals surface area contributed by atoms with E-state index in [9.17, 15) is 4.79 Å². The van der Waals surface area contributed by atoms with Gasteiger partial charge < -0.3 is 14.8 Å². The van der Waals surface area contributed by atoms with Gasteiger partial charge in [-0.2, -0.15) is 0 Å². The van der Waals surface area contributed by atoms with Crippen molar-refractivity contribution in [1.29, 1.82) is 0 Å². The van der Waals surface area contributed by atoms with Gasteiger partial charge in [0, 0.05) is 5.69 Å². The van der Waals surface area contributed by atoms with Crippen LogP contribution >= 0.6 is 15.9 Å². The quantitative estimate of drug-likeness (QED) is 0.797. The summed E-state index contributed by atoms with van der Waals surface area (Å²) in [6, 6.07) is 13.2. The van der Waals surface area contributed by atoms with Crippen LogP contribution in [-0.4, -0.2) is 19.6 Å². The molecule has 0 aliphatic rings. The predicted octanol–water partition coefficient (Wildman–Crippen LogP) is 4.77. The minimum absolute atomic E-state index is 0.0431. The molecule has 2 aromatic carbocycles. The third-order valence-corrected chi connectivity index (χ3v) is 4.15. The molecule has 0 heterocycles. The second-order valence-corrected chi connectivity index (χ2v) is 7.31. The van der Waals surface area contributed by atoms with Gasteiger partial charge in [-0.25, -0.2) is 0 Å². The monoisotopic (exact) mass is 391 g/mol. The first-order valence-corrected chi connectivity index (χ1v) is 8.45. The Hall–Kier alpha value is -2.01. The van der Waals surface area contributed by atoms with E-state index in [4.69, 9.17) is 9.47 Å². The first-order valence-electron chi connectivity index (χ1n) is 7.66. The standard InChI is InChI=1S/C19H22BrNO3/c1-19(2,3)13-5-8-15(9-6-13)24-12-18(22)21-14-7-10-17(23-4)16(20)11-14/h5-11H,12H2,1-4H3,(H,21,22). The van der Waals surface area contributed by atoms with E-state index < -0.39 is 0 Å². The molecule has 0 saturated carbocycles. The molecule has 1 N–H and O–H groups in total. The van der Waals surface area contributed by atoms with E-state index in [0.29, 0.717) is 17.2 Å². The molecule has 128 valence electrons. The smallest absolute Gasteiger partial charge is 0.262 e. The second kappa shape index (κ2) is 7.71. The summed E-state index contributed by atoms with van der Waals surface area (Å²) in [7, 11) is 1.59. The van der Waals surface area contributed by atoms with Gasteiger partial charge in [0.05, 0.1) is 11.6 Å². The average molecular weight is 392 g/mol. The van der Waals surface area contributed by atoms with E-state index in [-0.39, 0.29) is 17.9 Å². The highest BCUT2D eigenvalue weighted by molar-refractivity contribution is 9.10. The van der Waals surface area contributed by atoms with Crippen LogP contribution in [0.3, 0.4) is 0 Å². The van der Waals surface area contributed by atoms with Gasteiger partial charge in [0.15, 0.2) is 6.61 Å². The van der Waals surface area contributed by atoms with Gasteiger partial charge in [0.25, 0.3) is 5.91 Å². The van der Waals surface area contributed by atoms with E-state index >= 15 is 0 Å². The molecule has 24 heavy (non-hydrogen) atoms. The molecule has 0 atom stereocenters. The molecule has 0 aliphatic heterocycles. The number of hydrogen-bond acceptors (Lipinski definition) is 3. The lowest BCUT2D eigenvalue weighted by molar-refractivity contribution is -0.118. The zero-order chi connectivity index (χ0) is 17.7. The fraction of sp³-hybridized carbons (Fsp3) is 0.316. The Balaban J connectivity index is 1.90. The first-order chi connectivity index (χ1) is 11.3. The fourth-order valence-electron chi connectivity index (χ4n) is 2.14. The van der Waals surface area contributed by atoms with Crippen molar-refractivity contribution in [2.45, 2.75) is 26.2 Å². The number of ether oxygens (including phenoxy) is 2. The molecule has 5 heteroatoms. The fourth-order valence-corrected chi connectivity index (χ4v) is 2.68. The third-order valence-electron chi connectivity index (χ3n) is 3.53. The summed E-state index contributed by atoms with van der Waals surface area (Å²) in [5.41, 5.74) is 2.00. The van der Waals surface area contributed by atoms with Crippen LogP contribution in [0.15, 0.2) is 46.9 Å². The molecule has 2 aromatic rings.